The van der Waals surface area contributed by atoms with Gasteiger partial charge in [-0.2, -0.15) is 0 Å². The van der Waals surface area contributed by atoms with E-state index in [4.69, 9.17) is 4.74 Å². The van der Waals surface area contributed by atoms with Crippen LogP contribution in [0.5, 0.6) is 0 Å². The van der Waals surface area contributed by atoms with Gasteiger partial charge in [-0.25, -0.2) is 4.98 Å². The number of anilines is 1. The molecule has 0 saturated carbocycles. The van der Waals surface area contributed by atoms with Gasteiger partial charge < -0.3 is 10.1 Å². The minimum atomic E-state index is -0.545. The summed E-state index contributed by atoms with van der Waals surface area (Å²) >= 11 is 1.46. The number of esters is 1. The fraction of sp³-hybridized carbons (Fsp3) is 0.267. The summed E-state index contributed by atoms with van der Waals surface area (Å²) in [5.41, 5.74) is 2.40. The highest BCUT2D eigenvalue weighted by atomic mass is 32.1. The van der Waals surface area contributed by atoms with Crippen LogP contribution in [0.15, 0.2) is 29.6 Å². The number of amides is 1. The molecule has 6 heteroatoms. The first-order valence-corrected chi connectivity index (χ1v) is 7.48. The third kappa shape index (κ3) is 2.95. The summed E-state index contributed by atoms with van der Waals surface area (Å²) in [5, 5.41) is 5.43. The molecule has 0 radical (unpaired) electrons. The summed E-state index contributed by atoms with van der Waals surface area (Å²) in [6.45, 7) is 2.04. The summed E-state index contributed by atoms with van der Waals surface area (Å²) in [6.07, 6.45) is 0.118. The zero-order valence-electron chi connectivity index (χ0n) is 11.5. The number of carbonyl (C=O) groups excluding carboxylic acids is 2. The van der Waals surface area contributed by atoms with E-state index < -0.39 is 5.92 Å². The predicted octanol–water partition coefficient (Wildman–Crippen LogP) is 2.62. The van der Waals surface area contributed by atoms with Gasteiger partial charge in [-0.1, -0.05) is 18.2 Å². The molecular formula is C15H14N2O3S. The van der Waals surface area contributed by atoms with E-state index in [0.29, 0.717) is 5.69 Å². The molecule has 1 aliphatic rings. The fourth-order valence-electron chi connectivity index (χ4n) is 2.32. The van der Waals surface area contributed by atoms with E-state index in [2.05, 4.69) is 10.3 Å². The van der Waals surface area contributed by atoms with Crippen molar-refractivity contribution in [3.8, 4) is 0 Å². The van der Waals surface area contributed by atoms with E-state index in [1.807, 2.05) is 30.5 Å². The molecule has 2 heterocycles. The summed E-state index contributed by atoms with van der Waals surface area (Å²) in [5.74, 6) is -1.10. The minimum absolute atomic E-state index is 0.118. The lowest BCUT2D eigenvalue weighted by Crippen LogP contribution is -2.28. The average Bonchev–Trinajstić information content (AvgIpc) is 2.89. The second-order valence-electron chi connectivity index (χ2n) is 4.88. The molecule has 1 atom stereocenters. The van der Waals surface area contributed by atoms with Crippen LogP contribution in [0.2, 0.25) is 0 Å². The van der Waals surface area contributed by atoms with Gasteiger partial charge in [0.25, 0.3) is 0 Å². The number of aryl methyl sites for hydroxylation is 1. The van der Waals surface area contributed by atoms with E-state index in [1.165, 1.54) is 11.3 Å². The number of hydrogen-bond acceptors (Lipinski definition) is 5. The number of nitrogens with one attached hydrogen (secondary N) is 1. The number of fused-ring (bicyclic) bond motifs is 1. The Morgan fingerprint density at radius 2 is 2.29 bits per heavy atom. The zero-order chi connectivity index (χ0) is 14.8. The largest absolute Gasteiger partial charge is 0.458 e. The molecule has 1 aromatic carbocycles. The molecule has 0 fully saturated rings. The number of benzene rings is 1. The molecular weight excluding hydrogens is 288 g/mol. The molecule has 3 rings (SSSR count). The van der Waals surface area contributed by atoms with E-state index in [9.17, 15) is 9.59 Å². The van der Waals surface area contributed by atoms with E-state index in [1.54, 1.807) is 6.07 Å². The van der Waals surface area contributed by atoms with Crippen LogP contribution in [-0.2, 0) is 20.9 Å². The Morgan fingerprint density at radius 1 is 1.48 bits per heavy atom. The molecule has 108 valence electrons. The Hall–Kier alpha value is -2.21. The second-order valence-corrected chi connectivity index (χ2v) is 5.83. The number of hydrogen-bond donors (Lipinski definition) is 1. The Kier molecular flexibility index (Phi) is 3.70. The van der Waals surface area contributed by atoms with Crippen molar-refractivity contribution in [1.29, 1.82) is 0 Å². The molecule has 5 nitrogen and oxygen atoms in total. The summed E-state index contributed by atoms with van der Waals surface area (Å²) < 4.78 is 5.32. The first kappa shape index (κ1) is 13.8. The van der Waals surface area contributed by atoms with Gasteiger partial charge in [-0.15, -0.1) is 11.3 Å². The zero-order valence-corrected chi connectivity index (χ0v) is 12.3. The smallest absolute Gasteiger partial charge is 0.314 e. The second kappa shape index (κ2) is 5.65. The molecule has 1 aromatic heterocycles. The predicted molar refractivity (Wildman–Crippen MR) is 79.1 cm³/mol. The number of ether oxygens (including phenoxy) is 1. The Morgan fingerprint density at radius 3 is 3.05 bits per heavy atom. The lowest BCUT2D eigenvalue weighted by atomic mass is 9.91. The van der Waals surface area contributed by atoms with Crippen LogP contribution in [0.3, 0.4) is 0 Å². The van der Waals surface area contributed by atoms with Gasteiger partial charge in [0.15, 0.2) is 0 Å². The Balaban J connectivity index is 1.74. The van der Waals surface area contributed by atoms with Gasteiger partial charge in [0.05, 0.1) is 5.92 Å². The van der Waals surface area contributed by atoms with Crippen LogP contribution in [0.4, 0.5) is 5.69 Å². The summed E-state index contributed by atoms with van der Waals surface area (Å²) in [6, 6.07) is 7.30. The molecule has 0 spiro atoms. The topological polar surface area (TPSA) is 68.3 Å². The van der Waals surface area contributed by atoms with Gasteiger partial charge in [0.1, 0.15) is 11.6 Å². The van der Waals surface area contributed by atoms with Crippen LogP contribution in [0, 0.1) is 6.92 Å². The lowest BCUT2D eigenvalue weighted by Gasteiger charge is -2.23. The van der Waals surface area contributed by atoms with Crippen LogP contribution in [0.25, 0.3) is 0 Å². The Labute approximate surface area is 126 Å². The van der Waals surface area contributed by atoms with Crippen molar-refractivity contribution in [2.75, 3.05) is 5.32 Å². The first-order valence-electron chi connectivity index (χ1n) is 6.60. The molecule has 1 aliphatic heterocycles. The van der Waals surface area contributed by atoms with Crippen molar-refractivity contribution in [2.24, 2.45) is 0 Å². The van der Waals surface area contributed by atoms with Crippen molar-refractivity contribution < 1.29 is 14.3 Å². The average molecular weight is 302 g/mol. The van der Waals surface area contributed by atoms with Crippen molar-refractivity contribution in [2.45, 2.75) is 25.9 Å². The summed E-state index contributed by atoms with van der Waals surface area (Å²) in [4.78, 5) is 28.2. The van der Waals surface area contributed by atoms with Crippen LogP contribution in [-0.4, -0.2) is 16.9 Å². The molecule has 0 unspecified atom stereocenters. The Bertz CT molecular complexity index is 696. The highest BCUT2D eigenvalue weighted by molar-refractivity contribution is 7.09. The number of carbonyl (C=O) groups is 2. The maximum atomic E-state index is 12.3. The fourth-order valence-corrected chi connectivity index (χ4v) is 3.01. The first-order chi connectivity index (χ1) is 10.1. The molecule has 0 bridgehead atoms. The van der Waals surface area contributed by atoms with Gasteiger partial charge in [-0.3, -0.25) is 9.59 Å². The third-order valence-electron chi connectivity index (χ3n) is 3.29. The maximum absolute atomic E-state index is 12.3. The molecule has 1 N–H and O–H groups in total. The number of thiazole rings is 1. The van der Waals surface area contributed by atoms with Crippen LogP contribution < -0.4 is 5.32 Å². The van der Waals surface area contributed by atoms with Crippen molar-refractivity contribution in [1.82, 2.24) is 4.98 Å². The van der Waals surface area contributed by atoms with Crippen molar-refractivity contribution >= 4 is 28.9 Å². The minimum Gasteiger partial charge on any atom is -0.458 e. The lowest BCUT2D eigenvalue weighted by molar-refractivity contribution is -0.148. The third-order valence-corrected chi connectivity index (χ3v) is 4.23. The molecule has 0 aliphatic carbocycles. The van der Waals surface area contributed by atoms with Gasteiger partial charge in [0.2, 0.25) is 5.91 Å². The van der Waals surface area contributed by atoms with Crippen molar-refractivity contribution in [3.63, 3.8) is 0 Å². The number of rotatable bonds is 3. The molecule has 0 saturated heterocycles. The number of nitrogens with zero attached hydrogens (tertiary/aromatic N) is 1. The van der Waals surface area contributed by atoms with Gasteiger partial charge >= 0.3 is 5.97 Å². The number of para-hydroxylation sites is 1. The maximum Gasteiger partial charge on any atom is 0.314 e. The number of aromatic nitrogens is 1. The van der Waals surface area contributed by atoms with E-state index >= 15 is 0 Å². The SMILES string of the molecule is Cc1csc(COC(=O)[C@@H]2CC(=O)Nc3ccccc32)n1. The quantitative estimate of drug-likeness (QED) is 0.885. The molecule has 1 amide bonds. The molecule has 21 heavy (non-hydrogen) atoms. The summed E-state index contributed by atoms with van der Waals surface area (Å²) in [7, 11) is 0. The van der Waals surface area contributed by atoms with Crippen molar-refractivity contribution in [3.05, 3.63) is 45.9 Å². The standard InChI is InChI=1S/C15H14N2O3S/c1-9-8-21-14(16-9)7-20-15(19)11-6-13(18)17-12-5-3-2-4-10(11)12/h2-5,8,11H,6-7H2,1H3,(H,17,18)/t11-/m1/s1. The van der Waals surface area contributed by atoms with E-state index in [-0.39, 0.29) is 24.9 Å². The highest BCUT2D eigenvalue weighted by Crippen LogP contribution is 2.33. The molecule has 2 aromatic rings. The van der Waals surface area contributed by atoms with Gasteiger partial charge in [-0.05, 0) is 18.6 Å². The normalized spacial score (nSPS) is 17.0. The van der Waals surface area contributed by atoms with Crippen LogP contribution >= 0.6 is 11.3 Å². The highest BCUT2D eigenvalue weighted by Gasteiger charge is 2.31. The van der Waals surface area contributed by atoms with E-state index in [0.717, 1.165) is 16.3 Å². The van der Waals surface area contributed by atoms with Gasteiger partial charge in [0, 0.05) is 23.2 Å². The monoisotopic (exact) mass is 302 g/mol. The van der Waals surface area contributed by atoms with Crippen LogP contribution in [0.1, 0.15) is 28.6 Å².